The molecule has 5 nitrogen and oxygen atoms in total. The number of benzene rings is 3. The Labute approximate surface area is 169 Å². The van der Waals surface area contributed by atoms with Crippen LogP contribution in [-0.4, -0.2) is 21.4 Å². The van der Waals surface area contributed by atoms with Gasteiger partial charge in [-0.05, 0) is 48.4 Å². The van der Waals surface area contributed by atoms with Crippen molar-refractivity contribution in [1.29, 1.82) is 0 Å². The molecule has 0 bridgehead atoms. The molecule has 0 unspecified atom stereocenters. The number of hydrogen-bond acceptors (Lipinski definition) is 3. The molecule has 1 N–H and O–H groups in total. The molecule has 0 radical (unpaired) electrons. The summed E-state index contributed by atoms with van der Waals surface area (Å²) < 4.78 is 40.7. The number of halogens is 1. The van der Waals surface area contributed by atoms with Gasteiger partial charge < -0.3 is 5.32 Å². The van der Waals surface area contributed by atoms with E-state index in [-0.39, 0.29) is 22.1 Å². The van der Waals surface area contributed by atoms with Crippen molar-refractivity contribution in [2.75, 3.05) is 11.4 Å². The van der Waals surface area contributed by atoms with Crippen LogP contribution in [0.3, 0.4) is 0 Å². The van der Waals surface area contributed by atoms with Crippen LogP contribution in [0.2, 0.25) is 0 Å². The third-order valence-corrected chi connectivity index (χ3v) is 6.41. The SMILES string of the molecule is Cc1ccccc1CNC(=O)c1cccc(S(=O)(=O)N(C)c2ccccc2F)c1. The fraction of sp³-hybridized carbons (Fsp3) is 0.136. The van der Waals surface area contributed by atoms with Crippen molar-refractivity contribution < 1.29 is 17.6 Å². The normalized spacial score (nSPS) is 11.1. The number of aryl methyl sites for hydroxylation is 1. The van der Waals surface area contributed by atoms with Crippen molar-refractivity contribution in [2.24, 2.45) is 0 Å². The van der Waals surface area contributed by atoms with Gasteiger partial charge in [-0.25, -0.2) is 12.8 Å². The summed E-state index contributed by atoms with van der Waals surface area (Å²) in [5.74, 6) is -1.04. The lowest BCUT2D eigenvalue weighted by molar-refractivity contribution is 0.0950. The summed E-state index contributed by atoms with van der Waals surface area (Å²) in [6.07, 6.45) is 0. The first kappa shape index (κ1) is 20.5. The molecule has 1 amide bonds. The van der Waals surface area contributed by atoms with Crippen molar-refractivity contribution in [3.63, 3.8) is 0 Å². The van der Waals surface area contributed by atoms with Crippen LogP contribution >= 0.6 is 0 Å². The number of hydrogen-bond donors (Lipinski definition) is 1. The smallest absolute Gasteiger partial charge is 0.264 e. The standard InChI is InChI=1S/C22H21FN2O3S/c1-16-8-3-4-9-18(16)15-24-22(26)17-10-7-11-19(14-17)29(27,28)25(2)21-13-6-5-12-20(21)23/h3-14H,15H2,1-2H3,(H,24,26). The van der Waals surface area contributed by atoms with Gasteiger partial charge >= 0.3 is 0 Å². The average molecular weight is 412 g/mol. The second-order valence-corrected chi connectivity index (χ2v) is 8.53. The van der Waals surface area contributed by atoms with Gasteiger partial charge in [0.2, 0.25) is 0 Å². The minimum absolute atomic E-state index is 0.0677. The van der Waals surface area contributed by atoms with Crippen molar-refractivity contribution in [2.45, 2.75) is 18.4 Å². The Morgan fingerprint density at radius 1 is 1.00 bits per heavy atom. The van der Waals surface area contributed by atoms with E-state index in [9.17, 15) is 17.6 Å². The van der Waals surface area contributed by atoms with E-state index < -0.39 is 15.8 Å². The molecule has 0 heterocycles. The number of carbonyl (C=O) groups excluding carboxylic acids is 1. The summed E-state index contributed by atoms with van der Waals surface area (Å²) in [5.41, 5.74) is 2.17. The summed E-state index contributed by atoms with van der Waals surface area (Å²) in [6.45, 7) is 2.28. The van der Waals surface area contributed by atoms with E-state index in [0.29, 0.717) is 6.54 Å². The van der Waals surface area contributed by atoms with Gasteiger partial charge in [-0.15, -0.1) is 0 Å². The van der Waals surface area contributed by atoms with Crippen LogP contribution in [-0.2, 0) is 16.6 Å². The Hall–Kier alpha value is -3.19. The van der Waals surface area contributed by atoms with Crippen LogP contribution < -0.4 is 9.62 Å². The fourth-order valence-electron chi connectivity index (χ4n) is 2.88. The minimum Gasteiger partial charge on any atom is -0.348 e. The van der Waals surface area contributed by atoms with Crippen LogP contribution in [0.1, 0.15) is 21.5 Å². The van der Waals surface area contributed by atoms with Gasteiger partial charge in [0.05, 0.1) is 10.6 Å². The molecular weight excluding hydrogens is 391 g/mol. The topological polar surface area (TPSA) is 66.5 Å². The predicted octanol–water partition coefficient (Wildman–Crippen LogP) is 3.89. The van der Waals surface area contributed by atoms with E-state index in [1.165, 1.54) is 49.5 Å². The molecule has 3 aromatic rings. The zero-order valence-electron chi connectivity index (χ0n) is 16.1. The zero-order valence-corrected chi connectivity index (χ0v) is 16.9. The van der Waals surface area contributed by atoms with Crippen LogP contribution in [0.15, 0.2) is 77.7 Å². The van der Waals surface area contributed by atoms with Gasteiger partial charge in [-0.3, -0.25) is 9.10 Å². The summed E-state index contributed by atoms with van der Waals surface area (Å²) >= 11 is 0. The molecule has 150 valence electrons. The maximum absolute atomic E-state index is 14.0. The third-order valence-electron chi connectivity index (χ3n) is 4.65. The average Bonchev–Trinajstić information content (AvgIpc) is 2.73. The number of sulfonamides is 1. The molecule has 0 aromatic heterocycles. The monoisotopic (exact) mass is 412 g/mol. The van der Waals surface area contributed by atoms with E-state index in [2.05, 4.69) is 5.32 Å². The molecule has 7 heteroatoms. The van der Waals surface area contributed by atoms with E-state index in [1.54, 1.807) is 6.07 Å². The maximum Gasteiger partial charge on any atom is 0.264 e. The maximum atomic E-state index is 14.0. The van der Waals surface area contributed by atoms with Crippen molar-refractivity contribution in [3.8, 4) is 0 Å². The molecule has 0 aliphatic carbocycles. The Bertz CT molecular complexity index is 1150. The van der Waals surface area contributed by atoms with Gasteiger partial charge in [0.1, 0.15) is 5.82 Å². The van der Waals surface area contributed by atoms with Crippen LogP contribution in [0.4, 0.5) is 10.1 Å². The number of rotatable bonds is 6. The van der Waals surface area contributed by atoms with Gasteiger partial charge in [-0.2, -0.15) is 0 Å². The molecule has 0 saturated carbocycles. The molecule has 0 saturated heterocycles. The van der Waals surface area contributed by atoms with Gasteiger partial charge in [0, 0.05) is 19.2 Å². The van der Waals surface area contributed by atoms with Gasteiger partial charge in [-0.1, -0.05) is 42.5 Å². The Morgan fingerprint density at radius 3 is 2.41 bits per heavy atom. The van der Waals surface area contributed by atoms with Crippen molar-refractivity contribution >= 4 is 21.6 Å². The first-order valence-corrected chi connectivity index (χ1v) is 10.4. The Morgan fingerprint density at radius 2 is 1.69 bits per heavy atom. The summed E-state index contributed by atoms with van der Waals surface area (Å²) in [5, 5.41) is 2.80. The van der Waals surface area contributed by atoms with E-state index >= 15 is 0 Å². The molecule has 0 atom stereocenters. The number of anilines is 1. The highest BCUT2D eigenvalue weighted by molar-refractivity contribution is 7.92. The molecule has 0 spiro atoms. The first-order valence-electron chi connectivity index (χ1n) is 8.97. The molecule has 0 fully saturated rings. The molecular formula is C22H21FN2O3S. The van der Waals surface area contributed by atoms with E-state index in [1.807, 2.05) is 31.2 Å². The summed E-state index contributed by atoms with van der Waals surface area (Å²) in [7, 11) is -2.75. The lowest BCUT2D eigenvalue weighted by Crippen LogP contribution is -2.28. The van der Waals surface area contributed by atoms with E-state index in [0.717, 1.165) is 15.4 Å². The zero-order chi connectivity index (χ0) is 21.0. The van der Waals surface area contributed by atoms with Gasteiger partial charge in [0.15, 0.2) is 0 Å². The van der Waals surface area contributed by atoms with Crippen LogP contribution in [0.5, 0.6) is 0 Å². The van der Waals surface area contributed by atoms with Crippen LogP contribution in [0.25, 0.3) is 0 Å². The fourth-order valence-corrected chi connectivity index (χ4v) is 4.13. The number of nitrogens with one attached hydrogen (secondary N) is 1. The number of amides is 1. The number of nitrogens with zero attached hydrogens (tertiary/aromatic N) is 1. The van der Waals surface area contributed by atoms with Crippen LogP contribution in [0, 0.1) is 12.7 Å². The van der Waals surface area contributed by atoms with E-state index in [4.69, 9.17) is 0 Å². The molecule has 3 rings (SSSR count). The minimum atomic E-state index is -4.03. The van der Waals surface area contributed by atoms with Gasteiger partial charge in [0.25, 0.3) is 15.9 Å². The first-order chi connectivity index (χ1) is 13.8. The molecule has 3 aromatic carbocycles. The highest BCUT2D eigenvalue weighted by Gasteiger charge is 2.24. The Kier molecular flexibility index (Phi) is 5.98. The molecule has 0 aliphatic rings. The predicted molar refractivity (Wildman–Crippen MR) is 111 cm³/mol. The van der Waals surface area contributed by atoms with Crippen molar-refractivity contribution in [3.05, 3.63) is 95.3 Å². The quantitative estimate of drug-likeness (QED) is 0.668. The lowest BCUT2D eigenvalue weighted by Gasteiger charge is -2.20. The summed E-state index contributed by atoms with van der Waals surface area (Å²) in [6, 6.07) is 19.0. The second kappa shape index (κ2) is 8.45. The number of carbonyl (C=O) groups is 1. The molecule has 0 aliphatic heterocycles. The molecule has 29 heavy (non-hydrogen) atoms. The Balaban J connectivity index is 1.82. The summed E-state index contributed by atoms with van der Waals surface area (Å²) in [4.78, 5) is 12.4. The third kappa shape index (κ3) is 4.46. The second-order valence-electron chi connectivity index (χ2n) is 6.56. The highest BCUT2D eigenvalue weighted by Crippen LogP contribution is 2.25. The lowest BCUT2D eigenvalue weighted by atomic mass is 10.1. The largest absolute Gasteiger partial charge is 0.348 e. The highest BCUT2D eigenvalue weighted by atomic mass is 32.2. The number of para-hydroxylation sites is 1. The van der Waals surface area contributed by atoms with Crippen molar-refractivity contribution in [1.82, 2.24) is 5.32 Å².